The number of fused-ring (bicyclic) bond motifs is 1. The Morgan fingerprint density at radius 3 is 2.15 bits per heavy atom. The first-order chi connectivity index (χ1) is 13.1. The molecule has 2 atom stereocenters. The van der Waals surface area contributed by atoms with Crippen molar-refractivity contribution in [2.24, 2.45) is 5.73 Å². The summed E-state index contributed by atoms with van der Waals surface area (Å²) in [6.45, 7) is 2.03. The zero-order valence-electron chi connectivity index (χ0n) is 15.2. The van der Waals surface area contributed by atoms with E-state index >= 15 is 0 Å². The fourth-order valence-electron chi connectivity index (χ4n) is 3.77. The summed E-state index contributed by atoms with van der Waals surface area (Å²) in [4.78, 5) is 26.3. The Hall–Kier alpha value is -3.04. The number of hydrogen-bond donors (Lipinski definition) is 1. The maximum atomic E-state index is 13.2. The molecule has 3 heteroatoms. The fraction of sp³-hybridized carbons (Fsp3) is 0.167. The highest BCUT2D eigenvalue weighted by atomic mass is 16.2. The Labute approximate surface area is 158 Å². The van der Waals surface area contributed by atoms with E-state index in [1.807, 2.05) is 73.7 Å². The monoisotopic (exact) mass is 355 g/mol. The SMILES string of the molecule is CCC(N)c1ccc(C2C(=O)c3cccc(-c4ccccc4)c3C2=O)cc1. The molecule has 4 rings (SSSR count). The number of nitrogens with two attached hydrogens (primary N) is 1. The second kappa shape index (κ2) is 6.93. The number of ketones is 2. The minimum absolute atomic E-state index is 0.0316. The third kappa shape index (κ3) is 2.90. The topological polar surface area (TPSA) is 60.2 Å². The van der Waals surface area contributed by atoms with E-state index in [1.54, 1.807) is 6.07 Å². The Balaban J connectivity index is 1.76. The van der Waals surface area contributed by atoms with Crippen molar-refractivity contribution in [1.82, 2.24) is 0 Å². The van der Waals surface area contributed by atoms with E-state index in [0.29, 0.717) is 11.1 Å². The largest absolute Gasteiger partial charge is 0.324 e. The Morgan fingerprint density at radius 1 is 0.815 bits per heavy atom. The van der Waals surface area contributed by atoms with Crippen LogP contribution in [0.4, 0.5) is 0 Å². The maximum absolute atomic E-state index is 13.2. The van der Waals surface area contributed by atoms with Crippen LogP contribution in [0.5, 0.6) is 0 Å². The summed E-state index contributed by atoms with van der Waals surface area (Å²) in [7, 11) is 0. The normalized spacial score (nSPS) is 17.0. The highest BCUT2D eigenvalue weighted by Gasteiger charge is 2.41. The molecule has 0 amide bonds. The third-order valence-corrected chi connectivity index (χ3v) is 5.32. The van der Waals surface area contributed by atoms with Crippen LogP contribution in [0.3, 0.4) is 0 Å². The van der Waals surface area contributed by atoms with Gasteiger partial charge in [-0.1, -0.05) is 79.7 Å². The molecule has 0 saturated heterocycles. The molecule has 0 fully saturated rings. The number of carbonyl (C=O) groups excluding carboxylic acids is 2. The molecule has 0 radical (unpaired) electrons. The van der Waals surface area contributed by atoms with Gasteiger partial charge in [0.25, 0.3) is 0 Å². The van der Waals surface area contributed by atoms with Crippen LogP contribution >= 0.6 is 0 Å². The Kier molecular flexibility index (Phi) is 4.46. The molecule has 3 nitrogen and oxygen atoms in total. The first-order valence-corrected chi connectivity index (χ1v) is 9.24. The first-order valence-electron chi connectivity index (χ1n) is 9.24. The highest BCUT2D eigenvalue weighted by molar-refractivity contribution is 6.31. The molecule has 0 bridgehead atoms. The van der Waals surface area contributed by atoms with Gasteiger partial charge >= 0.3 is 0 Å². The lowest BCUT2D eigenvalue weighted by molar-refractivity contribution is 0.0890. The molecule has 134 valence electrons. The average molecular weight is 355 g/mol. The quantitative estimate of drug-likeness (QED) is 0.675. The third-order valence-electron chi connectivity index (χ3n) is 5.32. The lowest BCUT2D eigenvalue weighted by Gasteiger charge is -2.12. The van der Waals surface area contributed by atoms with Gasteiger partial charge in [-0.15, -0.1) is 0 Å². The van der Waals surface area contributed by atoms with E-state index in [1.165, 1.54) is 0 Å². The van der Waals surface area contributed by atoms with Crippen molar-refractivity contribution in [3.8, 4) is 11.1 Å². The minimum Gasteiger partial charge on any atom is -0.324 e. The van der Waals surface area contributed by atoms with Gasteiger partial charge in [0.2, 0.25) is 0 Å². The van der Waals surface area contributed by atoms with Gasteiger partial charge in [0.05, 0.1) is 0 Å². The molecular weight excluding hydrogens is 334 g/mol. The minimum atomic E-state index is -0.767. The van der Waals surface area contributed by atoms with Gasteiger partial charge in [0.1, 0.15) is 5.92 Å². The summed E-state index contributed by atoms with van der Waals surface area (Å²) in [5, 5.41) is 0. The molecule has 0 saturated carbocycles. The van der Waals surface area contributed by atoms with Gasteiger partial charge in [-0.2, -0.15) is 0 Å². The summed E-state index contributed by atoms with van der Waals surface area (Å²) < 4.78 is 0. The van der Waals surface area contributed by atoms with E-state index in [4.69, 9.17) is 5.73 Å². The van der Waals surface area contributed by atoms with Crippen LogP contribution in [-0.2, 0) is 0 Å². The summed E-state index contributed by atoms with van der Waals surface area (Å²) in [5.41, 5.74) is 10.6. The number of hydrogen-bond acceptors (Lipinski definition) is 3. The standard InChI is InChI=1S/C24H21NO2/c1-2-20(25)16-11-13-17(14-12-16)21-23(26)19-10-6-9-18(22(19)24(21)27)15-7-4-3-5-8-15/h3-14,20-21H,2,25H2,1H3. The van der Waals surface area contributed by atoms with Crippen molar-refractivity contribution < 1.29 is 9.59 Å². The number of rotatable bonds is 4. The van der Waals surface area contributed by atoms with Crippen molar-refractivity contribution >= 4 is 11.6 Å². The molecule has 3 aromatic rings. The fourth-order valence-corrected chi connectivity index (χ4v) is 3.77. The molecular formula is C24H21NO2. The van der Waals surface area contributed by atoms with Crippen LogP contribution in [-0.4, -0.2) is 11.6 Å². The lowest BCUT2D eigenvalue weighted by atomic mass is 9.91. The molecule has 0 aliphatic heterocycles. The predicted octanol–water partition coefficient (Wildman–Crippen LogP) is 4.93. The van der Waals surface area contributed by atoms with Crippen LogP contribution in [0.25, 0.3) is 11.1 Å². The number of Topliss-reactive ketones (excluding diaryl/α,β-unsaturated/α-hetero) is 2. The average Bonchev–Trinajstić information content (AvgIpc) is 2.98. The molecule has 1 aliphatic carbocycles. The molecule has 1 aliphatic rings. The van der Waals surface area contributed by atoms with Crippen LogP contribution in [0.2, 0.25) is 0 Å². The summed E-state index contributed by atoms with van der Waals surface area (Å²) in [6.07, 6.45) is 0.840. The summed E-state index contributed by atoms with van der Waals surface area (Å²) >= 11 is 0. The smallest absolute Gasteiger partial charge is 0.179 e. The molecule has 2 unspecified atom stereocenters. The molecule has 0 heterocycles. The van der Waals surface area contributed by atoms with Crippen molar-refractivity contribution in [2.45, 2.75) is 25.3 Å². The Bertz CT molecular complexity index is 1010. The van der Waals surface area contributed by atoms with Gasteiger partial charge in [-0.05, 0) is 28.7 Å². The molecule has 2 N–H and O–H groups in total. The van der Waals surface area contributed by atoms with Crippen LogP contribution in [0.15, 0.2) is 72.8 Å². The molecule has 0 aromatic heterocycles. The second-order valence-electron chi connectivity index (χ2n) is 6.94. The van der Waals surface area contributed by atoms with E-state index in [9.17, 15) is 9.59 Å². The highest BCUT2D eigenvalue weighted by Crippen LogP contribution is 2.39. The second-order valence-corrected chi connectivity index (χ2v) is 6.94. The van der Waals surface area contributed by atoms with Crippen molar-refractivity contribution in [2.75, 3.05) is 0 Å². The molecule has 27 heavy (non-hydrogen) atoms. The van der Waals surface area contributed by atoms with Gasteiger partial charge in [-0.3, -0.25) is 9.59 Å². The molecule has 0 spiro atoms. The number of carbonyl (C=O) groups is 2. The predicted molar refractivity (Wildman–Crippen MR) is 107 cm³/mol. The maximum Gasteiger partial charge on any atom is 0.179 e. The van der Waals surface area contributed by atoms with Gasteiger partial charge in [-0.25, -0.2) is 0 Å². The van der Waals surface area contributed by atoms with Crippen molar-refractivity contribution in [3.05, 3.63) is 95.1 Å². The zero-order valence-corrected chi connectivity index (χ0v) is 15.2. The first kappa shape index (κ1) is 17.4. The number of benzene rings is 3. The van der Waals surface area contributed by atoms with Crippen LogP contribution in [0.1, 0.15) is 57.1 Å². The van der Waals surface area contributed by atoms with E-state index < -0.39 is 5.92 Å². The van der Waals surface area contributed by atoms with Gasteiger partial charge < -0.3 is 5.73 Å². The van der Waals surface area contributed by atoms with Gasteiger partial charge in [0.15, 0.2) is 11.6 Å². The van der Waals surface area contributed by atoms with E-state index in [-0.39, 0.29) is 17.6 Å². The zero-order chi connectivity index (χ0) is 19.0. The lowest BCUT2D eigenvalue weighted by Crippen LogP contribution is -2.14. The van der Waals surface area contributed by atoms with Crippen molar-refractivity contribution in [1.29, 1.82) is 0 Å². The van der Waals surface area contributed by atoms with Crippen molar-refractivity contribution in [3.63, 3.8) is 0 Å². The summed E-state index contributed by atoms with van der Waals surface area (Å²) in [6, 6.07) is 22.8. The Morgan fingerprint density at radius 2 is 1.48 bits per heavy atom. The van der Waals surface area contributed by atoms with E-state index in [2.05, 4.69) is 0 Å². The van der Waals surface area contributed by atoms with E-state index in [0.717, 1.165) is 28.7 Å². The summed E-state index contributed by atoms with van der Waals surface area (Å²) in [5.74, 6) is -1.01. The molecule has 3 aromatic carbocycles. The van der Waals surface area contributed by atoms with Crippen LogP contribution in [0, 0.1) is 0 Å². The van der Waals surface area contributed by atoms with Gasteiger partial charge in [0, 0.05) is 17.2 Å². The van der Waals surface area contributed by atoms with Crippen LogP contribution < -0.4 is 5.73 Å².